The van der Waals surface area contributed by atoms with E-state index in [0.717, 1.165) is 6.04 Å². The first-order chi connectivity index (χ1) is 8.42. The highest BCUT2D eigenvalue weighted by molar-refractivity contribution is 6.09. The molecular weight excluding hydrogens is 220 g/mol. The quantitative estimate of drug-likeness (QED) is 0.556. The first-order valence-electron chi connectivity index (χ1n) is 5.83. The molecule has 0 saturated carbocycles. The molecular formula is C16H15Si. The van der Waals surface area contributed by atoms with E-state index in [4.69, 9.17) is 0 Å². The van der Waals surface area contributed by atoms with E-state index in [1.165, 1.54) is 11.1 Å². The Hall–Kier alpha value is -1.60. The fourth-order valence-corrected chi connectivity index (χ4v) is 2.08. The number of rotatable bonds is 4. The van der Waals surface area contributed by atoms with Crippen molar-refractivity contribution in [3.8, 4) is 0 Å². The molecule has 0 unspecified atom stereocenters. The van der Waals surface area contributed by atoms with Crippen LogP contribution in [0.3, 0.4) is 0 Å². The van der Waals surface area contributed by atoms with Crippen LogP contribution in [-0.2, 0) is 0 Å². The van der Waals surface area contributed by atoms with Crippen LogP contribution < -0.4 is 0 Å². The van der Waals surface area contributed by atoms with Gasteiger partial charge < -0.3 is 0 Å². The lowest BCUT2D eigenvalue weighted by molar-refractivity contribution is 1.02. The zero-order valence-corrected chi connectivity index (χ0v) is 10.7. The van der Waals surface area contributed by atoms with E-state index in [0.29, 0.717) is 5.92 Å². The second-order valence-electron chi connectivity index (χ2n) is 3.93. The maximum atomic E-state index is 3.48. The van der Waals surface area contributed by atoms with Crippen molar-refractivity contribution in [2.45, 2.75) is 12.0 Å². The Labute approximate surface area is 106 Å². The van der Waals surface area contributed by atoms with Gasteiger partial charge >= 0.3 is 0 Å². The fraction of sp³-hybridized carbons (Fsp3) is 0.125. The molecule has 0 nitrogen and oxygen atoms in total. The molecule has 0 N–H and O–H groups in total. The largest absolute Gasteiger partial charge is 0.0910 e. The average Bonchev–Trinajstić information content (AvgIpc) is 2.42. The van der Waals surface area contributed by atoms with Crippen molar-refractivity contribution in [2.24, 2.45) is 0 Å². The normalized spacial score (nSPS) is 11.2. The molecule has 0 amide bonds. The van der Waals surface area contributed by atoms with Crippen LogP contribution in [0.25, 0.3) is 0 Å². The Kier molecular flexibility index (Phi) is 4.34. The molecule has 0 atom stereocenters. The molecule has 0 aromatic heterocycles. The highest BCUT2D eigenvalue weighted by atomic mass is 28.1. The Bertz CT molecular complexity index is 420. The van der Waals surface area contributed by atoms with Gasteiger partial charge in [-0.3, -0.25) is 0 Å². The van der Waals surface area contributed by atoms with E-state index in [2.05, 4.69) is 83.1 Å². The summed E-state index contributed by atoms with van der Waals surface area (Å²) in [6, 6.07) is 22.1. The van der Waals surface area contributed by atoms with Crippen LogP contribution in [0.2, 0.25) is 6.04 Å². The maximum absolute atomic E-state index is 3.48. The zero-order valence-electron chi connectivity index (χ0n) is 9.71. The molecule has 0 bridgehead atoms. The topological polar surface area (TPSA) is 0 Å². The molecule has 0 heterocycles. The van der Waals surface area contributed by atoms with Crippen LogP contribution in [0, 0.1) is 0 Å². The number of benzene rings is 2. The SMILES string of the molecule is [Si]CC=CC(c1ccccc1)c1ccccc1. The van der Waals surface area contributed by atoms with Gasteiger partial charge in [0.1, 0.15) is 0 Å². The number of allylic oxidation sites excluding steroid dienone is 2. The van der Waals surface area contributed by atoms with E-state index in [1.54, 1.807) is 0 Å². The molecule has 0 saturated heterocycles. The van der Waals surface area contributed by atoms with Crippen molar-refractivity contribution in [1.29, 1.82) is 0 Å². The van der Waals surface area contributed by atoms with Gasteiger partial charge in [-0.05, 0) is 17.2 Å². The molecule has 0 fully saturated rings. The second kappa shape index (κ2) is 6.21. The van der Waals surface area contributed by atoms with Crippen LogP contribution in [0.4, 0.5) is 0 Å². The van der Waals surface area contributed by atoms with Gasteiger partial charge in [0, 0.05) is 16.2 Å². The summed E-state index contributed by atoms with van der Waals surface area (Å²) >= 11 is 0. The van der Waals surface area contributed by atoms with E-state index in [-0.39, 0.29) is 0 Å². The van der Waals surface area contributed by atoms with Crippen LogP contribution >= 0.6 is 0 Å². The van der Waals surface area contributed by atoms with Gasteiger partial charge in [-0.15, -0.1) is 0 Å². The van der Waals surface area contributed by atoms with Crippen molar-refractivity contribution in [3.63, 3.8) is 0 Å². The van der Waals surface area contributed by atoms with Gasteiger partial charge in [0.2, 0.25) is 0 Å². The third kappa shape index (κ3) is 3.18. The fourth-order valence-electron chi connectivity index (χ4n) is 1.94. The standard InChI is InChI=1S/C16H15Si/c17-13-7-12-16(14-8-3-1-4-9-14)15-10-5-2-6-11-15/h1-12,16H,13H2. The molecule has 2 aromatic carbocycles. The van der Waals surface area contributed by atoms with Gasteiger partial charge in [0.15, 0.2) is 0 Å². The first-order valence-corrected chi connectivity index (χ1v) is 6.53. The monoisotopic (exact) mass is 235 g/mol. The van der Waals surface area contributed by atoms with Gasteiger partial charge in [-0.2, -0.15) is 0 Å². The van der Waals surface area contributed by atoms with Gasteiger partial charge in [-0.25, -0.2) is 0 Å². The van der Waals surface area contributed by atoms with Crippen LogP contribution in [0.15, 0.2) is 72.8 Å². The highest BCUT2D eigenvalue weighted by Crippen LogP contribution is 2.25. The lowest BCUT2D eigenvalue weighted by Gasteiger charge is -2.13. The molecule has 0 aliphatic heterocycles. The molecule has 0 aliphatic rings. The molecule has 17 heavy (non-hydrogen) atoms. The van der Waals surface area contributed by atoms with Gasteiger partial charge in [0.25, 0.3) is 0 Å². The lowest BCUT2D eigenvalue weighted by Crippen LogP contribution is -1.97. The smallest absolute Gasteiger partial charge is 0.0275 e. The van der Waals surface area contributed by atoms with Crippen molar-refractivity contribution >= 4 is 10.2 Å². The summed E-state index contributed by atoms with van der Waals surface area (Å²) in [5, 5.41) is 0. The highest BCUT2D eigenvalue weighted by Gasteiger charge is 2.09. The second-order valence-corrected chi connectivity index (χ2v) is 4.34. The minimum atomic E-state index is 0.341. The first kappa shape index (κ1) is 11.9. The Morgan fingerprint density at radius 1 is 0.824 bits per heavy atom. The third-order valence-electron chi connectivity index (χ3n) is 2.76. The summed E-state index contributed by atoms with van der Waals surface area (Å²) in [5.74, 6) is 0.341. The molecule has 0 aliphatic carbocycles. The Balaban J connectivity index is 2.36. The van der Waals surface area contributed by atoms with E-state index < -0.39 is 0 Å². The average molecular weight is 235 g/mol. The molecule has 0 spiro atoms. The van der Waals surface area contributed by atoms with Crippen molar-refractivity contribution in [1.82, 2.24) is 0 Å². The summed E-state index contributed by atoms with van der Waals surface area (Å²) in [6.45, 7) is 0. The molecule has 3 radical (unpaired) electrons. The molecule has 2 aromatic rings. The third-order valence-corrected chi connectivity index (χ3v) is 3.00. The molecule has 83 valence electrons. The molecule has 1 heteroatoms. The van der Waals surface area contributed by atoms with E-state index in [9.17, 15) is 0 Å². The van der Waals surface area contributed by atoms with Crippen LogP contribution in [-0.4, -0.2) is 10.2 Å². The van der Waals surface area contributed by atoms with Crippen molar-refractivity contribution < 1.29 is 0 Å². The van der Waals surface area contributed by atoms with Crippen LogP contribution in [0.1, 0.15) is 17.0 Å². The summed E-state index contributed by atoms with van der Waals surface area (Å²) < 4.78 is 0. The van der Waals surface area contributed by atoms with E-state index >= 15 is 0 Å². The predicted octanol–water partition coefficient (Wildman–Crippen LogP) is 3.96. The van der Waals surface area contributed by atoms with Gasteiger partial charge in [0.05, 0.1) is 0 Å². The number of hydrogen-bond donors (Lipinski definition) is 0. The predicted molar refractivity (Wildman–Crippen MR) is 74.4 cm³/mol. The van der Waals surface area contributed by atoms with Crippen molar-refractivity contribution in [2.75, 3.05) is 0 Å². The summed E-state index contributed by atoms with van der Waals surface area (Å²) in [4.78, 5) is 0. The molecule has 2 rings (SSSR count). The van der Waals surface area contributed by atoms with Gasteiger partial charge in [-0.1, -0.05) is 72.8 Å². The Morgan fingerprint density at radius 2 is 1.29 bits per heavy atom. The minimum absolute atomic E-state index is 0.341. The maximum Gasteiger partial charge on any atom is 0.0275 e. The zero-order chi connectivity index (χ0) is 11.9. The van der Waals surface area contributed by atoms with E-state index in [1.807, 2.05) is 0 Å². The minimum Gasteiger partial charge on any atom is -0.0910 e. The summed E-state index contributed by atoms with van der Waals surface area (Å²) in [7, 11) is 3.48. The lowest BCUT2D eigenvalue weighted by atomic mass is 9.91. The Morgan fingerprint density at radius 3 is 1.71 bits per heavy atom. The summed E-state index contributed by atoms with van der Waals surface area (Å²) in [6.07, 6.45) is 4.40. The summed E-state index contributed by atoms with van der Waals surface area (Å²) in [5.41, 5.74) is 2.66. The number of hydrogen-bond acceptors (Lipinski definition) is 0. The van der Waals surface area contributed by atoms with Crippen LogP contribution in [0.5, 0.6) is 0 Å². The van der Waals surface area contributed by atoms with Crippen molar-refractivity contribution in [3.05, 3.63) is 83.9 Å².